The molecule has 1 aliphatic carbocycles. The number of carbonyl (C=O) groups excluding carboxylic acids is 2. The van der Waals surface area contributed by atoms with Gasteiger partial charge in [-0.05, 0) is 54.3 Å². The number of fused-ring (bicyclic) bond motifs is 1. The molecule has 0 spiro atoms. The van der Waals surface area contributed by atoms with Crippen molar-refractivity contribution < 1.29 is 14.3 Å². The Morgan fingerprint density at radius 1 is 0.967 bits per heavy atom. The van der Waals surface area contributed by atoms with Gasteiger partial charge in [0.15, 0.2) is 6.61 Å². The largest absolute Gasteiger partial charge is 0.483 e. The lowest BCUT2D eigenvalue weighted by Crippen LogP contribution is -2.36. The molecule has 0 radical (unpaired) electrons. The van der Waals surface area contributed by atoms with Crippen LogP contribution in [0.5, 0.6) is 5.75 Å². The molecule has 2 N–H and O–H groups in total. The number of amides is 2. The second-order valence-electron chi connectivity index (χ2n) is 7.80. The quantitative estimate of drug-likeness (QED) is 0.620. The van der Waals surface area contributed by atoms with Crippen molar-refractivity contribution in [2.45, 2.75) is 38.6 Å². The maximum Gasteiger partial charge on any atom is 0.259 e. The Balaban J connectivity index is 1.56. The lowest BCUT2D eigenvalue weighted by atomic mass is 10.0. The summed E-state index contributed by atoms with van der Waals surface area (Å²) < 4.78 is 5.83. The molecule has 1 aliphatic rings. The summed E-state index contributed by atoms with van der Waals surface area (Å²) in [5, 5.41) is 7.87. The van der Waals surface area contributed by atoms with E-state index in [1.165, 1.54) is 0 Å². The van der Waals surface area contributed by atoms with E-state index in [4.69, 9.17) is 4.74 Å². The Hall–Kier alpha value is -3.34. The Kier molecular flexibility index (Phi) is 5.98. The van der Waals surface area contributed by atoms with Gasteiger partial charge in [0, 0.05) is 11.7 Å². The van der Waals surface area contributed by atoms with Crippen LogP contribution in [0.15, 0.2) is 60.7 Å². The number of hydrogen-bond acceptors (Lipinski definition) is 3. The SMILES string of the molecule is Cc1ccccc1NC(=O)c1cc2ccccc2cc1OCC(=O)NC1CCCC1. The number of ether oxygens (including phenoxy) is 1. The van der Waals surface area contributed by atoms with Gasteiger partial charge in [-0.25, -0.2) is 0 Å². The van der Waals surface area contributed by atoms with Crippen LogP contribution in [-0.2, 0) is 4.79 Å². The molecule has 5 nitrogen and oxygen atoms in total. The minimum atomic E-state index is -0.263. The van der Waals surface area contributed by atoms with E-state index >= 15 is 0 Å². The van der Waals surface area contributed by atoms with Crippen molar-refractivity contribution in [1.82, 2.24) is 5.32 Å². The fourth-order valence-electron chi connectivity index (χ4n) is 3.90. The molecule has 0 aliphatic heterocycles. The summed E-state index contributed by atoms with van der Waals surface area (Å²) in [5.41, 5.74) is 2.14. The molecule has 0 atom stereocenters. The number of nitrogens with one attached hydrogen (secondary N) is 2. The summed E-state index contributed by atoms with van der Waals surface area (Å²) in [6.45, 7) is 1.83. The van der Waals surface area contributed by atoms with Crippen LogP contribution in [0.3, 0.4) is 0 Å². The van der Waals surface area contributed by atoms with E-state index in [9.17, 15) is 9.59 Å². The van der Waals surface area contributed by atoms with Gasteiger partial charge in [-0.1, -0.05) is 55.3 Å². The Morgan fingerprint density at radius 2 is 1.63 bits per heavy atom. The average Bonchev–Trinajstić information content (AvgIpc) is 3.26. The van der Waals surface area contributed by atoms with Gasteiger partial charge >= 0.3 is 0 Å². The van der Waals surface area contributed by atoms with Crippen LogP contribution in [0.25, 0.3) is 10.8 Å². The van der Waals surface area contributed by atoms with E-state index in [2.05, 4.69) is 10.6 Å². The van der Waals surface area contributed by atoms with Crippen LogP contribution in [0.4, 0.5) is 5.69 Å². The fourth-order valence-corrected chi connectivity index (χ4v) is 3.90. The van der Waals surface area contributed by atoms with Crippen molar-refractivity contribution in [3.8, 4) is 5.75 Å². The van der Waals surface area contributed by atoms with E-state index in [0.717, 1.165) is 47.7 Å². The fraction of sp³-hybridized carbons (Fsp3) is 0.280. The molecule has 0 heterocycles. The first-order valence-electron chi connectivity index (χ1n) is 10.4. The van der Waals surface area contributed by atoms with Crippen molar-refractivity contribution in [2.75, 3.05) is 11.9 Å². The van der Waals surface area contributed by atoms with Crippen molar-refractivity contribution >= 4 is 28.3 Å². The zero-order valence-electron chi connectivity index (χ0n) is 17.1. The Bertz CT molecular complexity index is 1070. The normalized spacial score (nSPS) is 13.9. The third-order valence-corrected chi connectivity index (χ3v) is 5.56. The molecule has 0 saturated heterocycles. The number of aryl methyl sites for hydroxylation is 1. The van der Waals surface area contributed by atoms with E-state index < -0.39 is 0 Å². The maximum absolute atomic E-state index is 13.1. The zero-order chi connectivity index (χ0) is 20.9. The van der Waals surface area contributed by atoms with Gasteiger partial charge in [-0.2, -0.15) is 0 Å². The van der Waals surface area contributed by atoms with E-state index in [1.807, 2.05) is 67.6 Å². The Morgan fingerprint density at radius 3 is 2.37 bits per heavy atom. The minimum Gasteiger partial charge on any atom is -0.483 e. The van der Waals surface area contributed by atoms with Gasteiger partial charge in [0.05, 0.1) is 5.56 Å². The number of carbonyl (C=O) groups is 2. The van der Waals surface area contributed by atoms with Crippen molar-refractivity contribution in [3.63, 3.8) is 0 Å². The van der Waals surface area contributed by atoms with E-state index in [0.29, 0.717) is 11.3 Å². The number of para-hydroxylation sites is 1. The van der Waals surface area contributed by atoms with Crippen LogP contribution >= 0.6 is 0 Å². The summed E-state index contributed by atoms with van der Waals surface area (Å²) in [5.74, 6) is -0.0112. The molecule has 3 aromatic carbocycles. The summed E-state index contributed by atoms with van der Waals surface area (Å²) in [6, 6.07) is 19.3. The third-order valence-electron chi connectivity index (χ3n) is 5.56. The van der Waals surface area contributed by atoms with Gasteiger partial charge in [0.2, 0.25) is 0 Å². The van der Waals surface area contributed by atoms with Gasteiger partial charge in [0.1, 0.15) is 5.75 Å². The molecule has 0 aromatic heterocycles. The third kappa shape index (κ3) is 4.62. The molecule has 3 aromatic rings. The minimum absolute atomic E-state index is 0.112. The van der Waals surface area contributed by atoms with Crippen LogP contribution < -0.4 is 15.4 Å². The number of rotatable bonds is 6. The van der Waals surface area contributed by atoms with Crippen LogP contribution in [0, 0.1) is 6.92 Å². The first-order chi connectivity index (χ1) is 14.6. The summed E-state index contributed by atoms with van der Waals surface area (Å²) >= 11 is 0. The zero-order valence-corrected chi connectivity index (χ0v) is 17.1. The molecule has 4 rings (SSSR count). The first kappa shape index (κ1) is 20.0. The lowest BCUT2D eigenvalue weighted by Gasteiger charge is -2.16. The molecule has 0 unspecified atom stereocenters. The number of anilines is 1. The highest BCUT2D eigenvalue weighted by atomic mass is 16.5. The van der Waals surface area contributed by atoms with E-state index in [-0.39, 0.29) is 24.5 Å². The predicted molar refractivity (Wildman–Crippen MR) is 119 cm³/mol. The summed E-state index contributed by atoms with van der Waals surface area (Å²) in [4.78, 5) is 25.4. The molecule has 2 amide bonds. The molecule has 30 heavy (non-hydrogen) atoms. The number of hydrogen-bond donors (Lipinski definition) is 2. The molecule has 154 valence electrons. The van der Waals surface area contributed by atoms with Gasteiger partial charge in [-0.3, -0.25) is 9.59 Å². The average molecular weight is 402 g/mol. The highest BCUT2D eigenvalue weighted by Gasteiger charge is 2.19. The molecule has 5 heteroatoms. The molecule has 1 fully saturated rings. The topological polar surface area (TPSA) is 67.4 Å². The van der Waals surface area contributed by atoms with Crippen molar-refractivity contribution in [1.29, 1.82) is 0 Å². The van der Waals surface area contributed by atoms with Gasteiger partial charge in [-0.15, -0.1) is 0 Å². The highest BCUT2D eigenvalue weighted by Crippen LogP contribution is 2.28. The standard InChI is InChI=1S/C25H26N2O3/c1-17-8-2-7-13-22(17)27-25(29)21-14-18-9-3-4-10-19(18)15-23(21)30-16-24(28)26-20-11-5-6-12-20/h2-4,7-10,13-15,20H,5-6,11-12,16H2,1H3,(H,26,28)(H,27,29). The monoisotopic (exact) mass is 402 g/mol. The van der Waals surface area contributed by atoms with Crippen molar-refractivity contribution in [2.24, 2.45) is 0 Å². The predicted octanol–water partition coefficient (Wildman–Crippen LogP) is 4.84. The van der Waals surface area contributed by atoms with Crippen molar-refractivity contribution in [3.05, 3.63) is 71.8 Å². The second kappa shape index (κ2) is 8.99. The van der Waals surface area contributed by atoms with Crippen LogP contribution in [-0.4, -0.2) is 24.5 Å². The van der Waals surface area contributed by atoms with E-state index in [1.54, 1.807) is 0 Å². The first-order valence-corrected chi connectivity index (χ1v) is 10.4. The smallest absolute Gasteiger partial charge is 0.259 e. The molecular weight excluding hydrogens is 376 g/mol. The summed E-state index contributed by atoms with van der Waals surface area (Å²) in [7, 11) is 0. The second-order valence-corrected chi connectivity index (χ2v) is 7.80. The molecule has 0 bridgehead atoms. The molecule has 1 saturated carbocycles. The van der Waals surface area contributed by atoms with Crippen LogP contribution in [0.2, 0.25) is 0 Å². The Labute approximate surface area is 176 Å². The maximum atomic E-state index is 13.1. The highest BCUT2D eigenvalue weighted by molar-refractivity contribution is 6.09. The van der Waals surface area contributed by atoms with Crippen LogP contribution in [0.1, 0.15) is 41.6 Å². The lowest BCUT2D eigenvalue weighted by molar-refractivity contribution is -0.123. The summed E-state index contributed by atoms with van der Waals surface area (Å²) in [6.07, 6.45) is 4.34. The number of benzene rings is 3. The van der Waals surface area contributed by atoms with Gasteiger partial charge in [0.25, 0.3) is 11.8 Å². The van der Waals surface area contributed by atoms with Gasteiger partial charge < -0.3 is 15.4 Å². The molecular formula is C25H26N2O3.